The number of aromatic nitrogens is 3. The van der Waals surface area contributed by atoms with E-state index in [4.69, 9.17) is 5.73 Å². The Hall–Kier alpha value is -2.12. The summed E-state index contributed by atoms with van der Waals surface area (Å²) in [6.45, 7) is 3.95. The first-order valence-corrected chi connectivity index (χ1v) is 7.40. The van der Waals surface area contributed by atoms with Gasteiger partial charge in [0.25, 0.3) is 0 Å². The zero-order valence-corrected chi connectivity index (χ0v) is 12.7. The van der Waals surface area contributed by atoms with Crippen LogP contribution < -0.4 is 11.1 Å². The summed E-state index contributed by atoms with van der Waals surface area (Å²) < 4.78 is 1.01. The van der Waals surface area contributed by atoms with Gasteiger partial charge in [0.15, 0.2) is 0 Å². The van der Waals surface area contributed by atoms with Crippen LogP contribution in [0.15, 0.2) is 24.4 Å². The highest BCUT2D eigenvalue weighted by Gasteiger charge is 2.15. The van der Waals surface area contributed by atoms with Crippen molar-refractivity contribution in [3.8, 4) is 10.6 Å². The van der Waals surface area contributed by atoms with Gasteiger partial charge in [-0.1, -0.05) is 0 Å². The number of nitrogen functional groups attached to an aromatic ring is 1. The van der Waals surface area contributed by atoms with Gasteiger partial charge in [-0.05, 0) is 26.0 Å². The molecular weight excluding hydrogens is 286 g/mol. The van der Waals surface area contributed by atoms with E-state index in [-0.39, 0.29) is 0 Å². The quantitative estimate of drug-likeness (QED) is 0.593. The van der Waals surface area contributed by atoms with Gasteiger partial charge in [-0.15, -0.1) is 11.3 Å². The summed E-state index contributed by atoms with van der Waals surface area (Å²) in [6.07, 6.45) is 1.72. The molecule has 110 valence electrons. The Morgan fingerprint density at radius 2 is 2.24 bits per heavy atom. The minimum absolute atomic E-state index is 0.433. The Bertz CT molecular complexity index is 758. The van der Waals surface area contributed by atoms with Crippen molar-refractivity contribution in [3.63, 3.8) is 0 Å². The van der Waals surface area contributed by atoms with Crippen LogP contribution in [0.5, 0.6) is 0 Å². The highest BCUT2D eigenvalue weighted by atomic mass is 32.1. The number of rotatable bonds is 4. The molecule has 0 spiro atoms. The first-order valence-electron chi connectivity index (χ1n) is 6.58. The Labute approximate surface area is 126 Å². The SMILES string of the molecule is CC(C)(O)CNc1cc(N)nc2cc(-c3ccn[nH]3)sc12. The molecule has 0 amide bonds. The molecule has 0 saturated heterocycles. The average molecular weight is 303 g/mol. The summed E-state index contributed by atoms with van der Waals surface area (Å²) in [5, 5.41) is 20.0. The smallest absolute Gasteiger partial charge is 0.126 e. The molecule has 7 heteroatoms. The van der Waals surface area contributed by atoms with Crippen LogP contribution >= 0.6 is 11.3 Å². The number of nitrogens with one attached hydrogen (secondary N) is 2. The minimum atomic E-state index is -0.798. The average Bonchev–Trinajstić information content (AvgIpc) is 3.02. The maximum absolute atomic E-state index is 9.86. The molecule has 0 fully saturated rings. The molecule has 0 aliphatic heterocycles. The molecule has 0 aromatic carbocycles. The third-order valence-electron chi connectivity index (χ3n) is 2.98. The number of thiophene rings is 1. The van der Waals surface area contributed by atoms with E-state index >= 15 is 0 Å². The first kappa shape index (κ1) is 13.8. The van der Waals surface area contributed by atoms with E-state index in [1.807, 2.05) is 12.1 Å². The number of nitrogens with two attached hydrogens (primary N) is 1. The second-order valence-electron chi connectivity index (χ2n) is 5.56. The van der Waals surface area contributed by atoms with E-state index in [9.17, 15) is 5.11 Å². The molecule has 5 N–H and O–H groups in total. The van der Waals surface area contributed by atoms with Crippen LogP contribution in [0.2, 0.25) is 0 Å². The predicted octanol–water partition coefficient (Wildman–Crippen LogP) is 2.45. The van der Waals surface area contributed by atoms with Gasteiger partial charge in [0.2, 0.25) is 0 Å². The van der Waals surface area contributed by atoms with Crippen molar-refractivity contribution in [2.45, 2.75) is 19.4 Å². The zero-order valence-electron chi connectivity index (χ0n) is 11.8. The highest BCUT2D eigenvalue weighted by Crippen LogP contribution is 2.36. The van der Waals surface area contributed by atoms with Gasteiger partial charge in [0.05, 0.1) is 32.1 Å². The summed E-state index contributed by atoms with van der Waals surface area (Å²) in [4.78, 5) is 5.41. The lowest BCUT2D eigenvalue weighted by atomic mass is 10.1. The van der Waals surface area contributed by atoms with Crippen LogP contribution in [-0.4, -0.2) is 32.4 Å². The van der Waals surface area contributed by atoms with E-state index in [1.165, 1.54) is 0 Å². The summed E-state index contributed by atoms with van der Waals surface area (Å²) in [7, 11) is 0. The van der Waals surface area contributed by atoms with Crippen molar-refractivity contribution < 1.29 is 5.11 Å². The van der Waals surface area contributed by atoms with Crippen molar-refractivity contribution in [2.75, 3.05) is 17.6 Å². The van der Waals surface area contributed by atoms with E-state index in [1.54, 1.807) is 37.4 Å². The summed E-state index contributed by atoms with van der Waals surface area (Å²) in [6, 6.07) is 5.69. The summed E-state index contributed by atoms with van der Waals surface area (Å²) in [5.74, 6) is 0.453. The van der Waals surface area contributed by atoms with Gasteiger partial charge in [0.1, 0.15) is 5.82 Å². The van der Waals surface area contributed by atoms with Crippen LogP contribution in [0.3, 0.4) is 0 Å². The molecule has 0 atom stereocenters. The van der Waals surface area contributed by atoms with Crippen LogP contribution in [0.1, 0.15) is 13.8 Å². The standard InChI is InChI=1S/C14H17N5OS/c1-14(2,20)7-16-9-6-12(15)18-10-5-11(21-13(9)10)8-3-4-17-19-8/h3-6,20H,7H2,1-2H3,(H,17,19)(H3,15,16,18). The van der Waals surface area contributed by atoms with Crippen molar-refractivity contribution in [1.29, 1.82) is 0 Å². The molecule has 0 bridgehead atoms. The van der Waals surface area contributed by atoms with Crippen LogP contribution in [-0.2, 0) is 0 Å². The Morgan fingerprint density at radius 1 is 1.43 bits per heavy atom. The molecule has 0 saturated carbocycles. The van der Waals surface area contributed by atoms with E-state index < -0.39 is 5.60 Å². The highest BCUT2D eigenvalue weighted by molar-refractivity contribution is 7.22. The van der Waals surface area contributed by atoms with Gasteiger partial charge < -0.3 is 16.2 Å². The van der Waals surface area contributed by atoms with Gasteiger partial charge >= 0.3 is 0 Å². The number of nitrogens with zero attached hydrogens (tertiary/aromatic N) is 2. The predicted molar refractivity (Wildman–Crippen MR) is 86.4 cm³/mol. The fourth-order valence-electron chi connectivity index (χ4n) is 2.01. The molecule has 0 radical (unpaired) electrons. The number of fused-ring (bicyclic) bond motifs is 1. The Kier molecular flexibility index (Phi) is 3.30. The molecule has 0 unspecified atom stereocenters. The van der Waals surface area contributed by atoms with Gasteiger partial charge in [0, 0.05) is 18.8 Å². The van der Waals surface area contributed by atoms with Gasteiger partial charge in [-0.3, -0.25) is 5.10 Å². The van der Waals surface area contributed by atoms with E-state index in [2.05, 4.69) is 20.5 Å². The largest absolute Gasteiger partial charge is 0.389 e. The van der Waals surface area contributed by atoms with Crippen molar-refractivity contribution in [2.24, 2.45) is 0 Å². The number of aliphatic hydroxyl groups is 1. The van der Waals surface area contributed by atoms with Crippen LogP contribution in [0, 0.1) is 0 Å². The maximum Gasteiger partial charge on any atom is 0.126 e. The monoisotopic (exact) mass is 303 g/mol. The summed E-state index contributed by atoms with van der Waals surface area (Å²) in [5.41, 5.74) is 7.73. The normalized spacial score (nSPS) is 12.0. The minimum Gasteiger partial charge on any atom is -0.389 e. The molecule has 3 aromatic heterocycles. The number of aromatic amines is 1. The van der Waals surface area contributed by atoms with Crippen LogP contribution in [0.25, 0.3) is 20.8 Å². The van der Waals surface area contributed by atoms with Crippen molar-refractivity contribution in [1.82, 2.24) is 15.2 Å². The fourth-order valence-corrected chi connectivity index (χ4v) is 3.08. The molecule has 3 rings (SSSR count). The molecule has 6 nitrogen and oxygen atoms in total. The Balaban J connectivity index is 2.03. The molecular formula is C14H17N5OS. The molecule has 0 aliphatic rings. The Morgan fingerprint density at radius 3 is 2.90 bits per heavy atom. The van der Waals surface area contributed by atoms with E-state index in [0.29, 0.717) is 12.4 Å². The van der Waals surface area contributed by atoms with Crippen molar-refractivity contribution >= 4 is 33.1 Å². The van der Waals surface area contributed by atoms with Crippen LogP contribution in [0.4, 0.5) is 11.5 Å². The lowest BCUT2D eigenvalue weighted by molar-refractivity contribution is 0.0945. The number of hydrogen-bond donors (Lipinski definition) is 4. The first-order chi connectivity index (χ1) is 9.92. The fraction of sp³-hybridized carbons (Fsp3) is 0.286. The number of anilines is 2. The molecule has 0 aliphatic carbocycles. The topological polar surface area (TPSA) is 99.8 Å². The maximum atomic E-state index is 9.86. The molecule has 3 aromatic rings. The number of H-pyrrole nitrogens is 1. The third kappa shape index (κ3) is 2.98. The zero-order chi connectivity index (χ0) is 15.0. The van der Waals surface area contributed by atoms with Gasteiger partial charge in [-0.25, -0.2) is 4.98 Å². The van der Waals surface area contributed by atoms with Crippen molar-refractivity contribution in [3.05, 3.63) is 24.4 Å². The van der Waals surface area contributed by atoms with E-state index in [0.717, 1.165) is 26.5 Å². The number of hydrogen-bond acceptors (Lipinski definition) is 6. The van der Waals surface area contributed by atoms with Gasteiger partial charge in [-0.2, -0.15) is 5.10 Å². The molecule has 21 heavy (non-hydrogen) atoms. The number of pyridine rings is 1. The molecule has 3 heterocycles. The second kappa shape index (κ2) is 5.01. The lowest BCUT2D eigenvalue weighted by Crippen LogP contribution is -2.29. The second-order valence-corrected chi connectivity index (χ2v) is 6.61. The third-order valence-corrected chi connectivity index (χ3v) is 4.17. The lowest BCUT2D eigenvalue weighted by Gasteiger charge is -2.19. The summed E-state index contributed by atoms with van der Waals surface area (Å²) >= 11 is 1.61.